The number of ether oxygens (including phenoxy) is 2. The van der Waals surface area contributed by atoms with Crippen molar-refractivity contribution in [3.63, 3.8) is 0 Å². The Kier molecular flexibility index (Phi) is 5.55. The van der Waals surface area contributed by atoms with Crippen LogP contribution in [0.2, 0.25) is 0 Å². The molecule has 1 aromatic heterocycles. The highest BCUT2D eigenvalue weighted by Gasteiger charge is 2.37. The standard InChI is InChI=1S/C24H24N4O5/c1-2-28-22(29)17-8-4-3-7-16(17)21(25-28)24(31)27-15-20(23(30)26-11-13-32-14-12-26)33-19-10-6-5-9-18(19)27/h3-10,20H,2,11-15H2,1H3. The molecule has 2 aliphatic rings. The van der Waals surface area contributed by atoms with E-state index in [9.17, 15) is 14.4 Å². The van der Waals surface area contributed by atoms with E-state index in [4.69, 9.17) is 9.47 Å². The molecule has 0 saturated carbocycles. The van der Waals surface area contributed by atoms with Gasteiger partial charge in [-0.05, 0) is 25.1 Å². The molecule has 1 atom stereocenters. The molecule has 0 radical (unpaired) electrons. The number of hydrogen-bond donors (Lipinski definition) is 0. The fraction of sp³-hybridized carbons (Fsp3) is 0.333. The number of fused-ring (bicyclic) bond motifs is 2. The number of hydrogen-bond acceptors (Lipinski definition) is 6. The summed E-state index contributed by atoms with van der Waals surface area (Å²) in [6.45, 7) is 4.12. The van der Waals surface area contributed by atoms with Crippen LogP contribution in [0.5, 0.6) is 5.75 Å². The molecule has 5 rings (SSSR count). The molecule has 2 amide bonds. The van der Waals surface area contributed by atoms with Gasteiger partial charge in [-0.1, -0.05) is 30.3 Å². The Balaban J connectivity index is 1.56. The molecular weight excluding hydrogens is 424 g/mol. The number of aromatic nitrogens is 2. The van der Waals surface area contributed by atoms with Gasteiger partial charge in [-0.2, -0.15) is 5.10 Å². The van der Waals surface area contributed by atoms with E-state index in [1.807, 2.05) is 6.07 Å². The topological polar surface area (TPSA) is 94.0 Å². The molecule has 0 aliphatic carbocycles. The van der Waals surface area contributed by atoms with Crippen LogP contribution < -0.4 is 15.2 Å². The second-order valence-electron chi connectivity index (χ2n) is 7.94. The van der Waals surface area contributed by atoms with Gasteiger partial charge in [0.15, 0.2) is 11.8 Å². The largest absolute Gasteiger partial charge is 0.476 e. The number of morpholine rings is 1. The van der Waals surface area contributed by atoms with Gasteiger partial charge in [0.05, 0.1) is 30.8 Å². The summed E-state index contributed by atoms with van der Waals surface area (Å²) < 4.78 is 12.7. The SMILES string of the molecule is CCn1nc(C(=O)N2CC(C(=O)N3CCOCC3)Oc3ccccc32)c2ccccc2c1=O. The van der Waals surface area contributed by atoms with Crippen molar-refractivity contribution in [3.05, 3.63) is 64.6 Å². The fourth-order valence-corrected chi connectivity index (χ4v) is 4.28. The molecule has 2 aliphatic heterocycles. The molecule has 170 valence electrons. The van der Waals surface area contributed by atoms with Gasteiger partial charge in [0.2, 0.25) is 0 Å². The number of benzene rings is 2. The monoisotopic (exact) mass is 448 g/mol. The van der Waals surface area contributed by atoms with Crippen molar-refractivity contribution in [2.75, 3.05) is 37.7 Å². The second-order valence-corrected chi connectivity index (χ2v) is 7.94. The summed E-state index contributed by atoms with van der Waals surface area (Å²) in [5.74, 6) is -0.109. The molecule has 9 nitrogen and oxygen atoms in total. The molecule has 0 bridgehead atoms. The first-order chi connectivity index (χ1) is 16.1. The minimum atomic E-state index is -0.842. The molecule has 0 spiro atoms. The Labute approximate surface area is 190 Å². The van der Waals surface area contributed by atoms with Gasteiger partial charge in [-0.15, -0.1) is 0 Å². The van der Waals surface area contributed by atoms with Crippen molar-refractivity contribution < 1.29 is 19.1 Å². The minimum Gasteiger partial charge on any atom is -0.476 e. The summed E-state index contributed by atoms with van der Waals surface area (Å²) in [4.78, 5) is 43.0. The van der Waals surface area contributed by atoms with Crippen LogP contribution in [0.1, 0.15) is 17.4 Å². The molecule has 3 aromatic rings. The lowest BCUT2D eigenvalue weighted by Gasteiger charge is -2.37. The third-order valence-electron chi connectivity index (χ3n) is 5.99. The van der Waals surface area contributed by atoms with Crippen molar-refractivity contribution in [1.82, 2.24) is 14.7 Å². The van der Waals surface area contributed by atoms with E-state index >= 15 is 0 Å². The maximum atomic E-state index is 13.8. The van der Waals surface area contributed by atoms with Gasteiger partial charge in [0.25, 0.3) is 17.4 Å². The smallest absolute Gasteiger partial charge is 0.279 e. The van der Waals surface area contributed by atoms with Crippen LogP contribution in [0.4, 0.5) is 5.69 Å². The Morgan fingerprint density at radius 2 is 1.73 bits per heavy atom. The third kappa shape index (κ3) is 3.74. The Morgan fingerprint density at radius 3 is 2.48 bits per heavy atom. The van der Waals surface area contributed by atoms with E-state index in [1.165, 1.54) is 9.58 Å². The summed E-state index contributed by atoms with van der Waals surface area (Å²) >= 11 is 0. The van der Waals surface area contributed by atoms with Gasteiger partial charge in [-0.3, -0.25) is 19.3 Å². The van der Waals surface area contributed by atoms with Crippen LogP contribution in [-0.2, 0) is 16.1 Å². The van der Waals surface area contributed by atoms with Crippen LogP contribution in [0, 0.1) is 0 Å². The average Bonchev–Trinajstić information content (AvgIpc) is 2.88. The number of nitrogens with zero attached hydrogens (tertiary/aromatic N) is 4. The molecule has 1 unspecified atom stereocenters. The molecule has 33 heavy (non-hydrogen) atoms. The number of para-hydroxylation sites is 2. The first-order valence-electron chi connectivity index (χ1n) is 11.0. The van der Waals surface area contributed by atoms with Crippen molar-refractivity contribution in [2.45, 2.75) is 19.6 Å². The van der Waals surface area contributed by atoms with Crippen molar-refractivity contribution in [1.29, 1.82) is 0 Å². The molecule has 1 saturated heterocycles. The minimum absolute atomic E-state index is 0.0489. The quantitative estimate of drug-likeness (QED) is 0.605. The van der Waals surface area contributed by atoms with E-state index in [0.29, 0.717) is 55.1 Å². The summed E-state index contributed by atoms with van der Waals surface area (Å²) in [6.07, 6.45) is -0.842. The van der Waals surface area contributed by atoms with Crippen LogP contribution in [-0.4, -0.2) is 65.4 Å². The van der Waals surface area contributed by atoms with Gasteiger partial charge in [-0.25, -0.2) is 4.68 Å². The van der Waals surface area contributed by atoms with E-state index in [-0.39, 0.29) is 29.6 Å². The van der Waals surface area contributed by atoms with E-state index in [1.54, 1.807) is 54.3 Å². The highest BCUT2D eigenvalue weighted by Crippen LogP contribution is 2.35. The van der Waals surface area contributed by atoms with Crippen molar-refractivity contribution >= 4 is 28.3 Å². The zero-order chi connectivity index (χ0) is 22.9. The highest BCUT2D eigenvalue weighted by molar-refractivity contribution is 6.13. The van der Waals surface area contributed by atoms with Crippen molar-refractivity contribution in [3.8, 4) is 5.75 Å². The van der Waals surface area contributed by atoms with E-state index in [2.05, 4.69) is 5.10 Å². The fourth-order valence-electron chi connectivity index (χ4n) is 4.28. The van der Waals surface area contributed by atoms with Gasteiger partial charge < -0.3 is 14.4 Å². The lowest BCUT2D eigenvalue weighted by atomic mass is 10.1. The average molecular weight is 448 g/mol. The molecule has 3 heterocycles. The van der Waals surface area contributed by atoms with Crippen LogP contribution in [0.15, 0.2) is 53.3 Å². The Hall–Kier alpha value is -3.72. The summed E-state index contributed by atoms with van der Waals surface area (Å²) in [5.41, 5.74) is 0.488. The van der Waals surface area contributed by atoms with Crippen molar-refractivity contribution in [2.24, 2.45) is 0 Å². The molecule has 1 fully saturated rings. The molecule has 9 heteroatoms. The maximum absolute atomic E-state index is 13.8. The summed E-state index contributed by atoms with van der Waals surface area (Å²) in [5, 5.41) is 5.30. The zero-order valence-corrected chi connectivity index (χ0v) is 18.3. The van der Waals surface area contributed by atoms with E-state index < -0.39 is 6.10 Å². The Morgan fingerprint density at radius 1 is 1.03 bits per heavy atom. The molecule has 2 aromatic carbocycles. The molecule has 0 N–H and O–H groups in total. The predicted octanol–water partition coefficient (Wildman–Crippen LogP) is 1.68. The third-order valence-corrected chi connectivity index (χ3v) is 5.99. The second kappa shape index (κ2) is 8.67. The van der Waals surface area contributed by atoms with Crippen LogP contribution in [0.3, 0.4) is 0 Å². The number of rotatable bonds is 3. The summed E-state index contributed by atoms with van der Waals surface area (Å²) in [6, 6.07) is 14.1. The number of aryl methyl sites for hydroxylation is 1. The number of anilines is 1. The van der Waals surface area contributed by atoms with Crippen LogP contribution in [0.25, 0.3) is 10.8 Å². The Bertz CT molecular complexity index is 1280. The van der Waals surface area contributed by atoms with Gasteiger partial charge in [0.1, 0.15) is 5.75 Å². The van der Waals surface area contributed by atoms with Gasteiger partial charge in [0, 0.05) is 25.0 Å². The first kappa shape index (κ1) is 21.1. The number of carbonyl (C=O) groups excluding carboxylic acids is 2. The normalized spacial score (nSPS) is 18.0. The lowest BCUT2D eigenvalue weighted by Crippen LogP contribution is -2.54. The summed E-state index contributed by atoms with van der Waals surface area (Å²) in [7, 11) is 0. The van der Waals surface area contributed by atoms with Crippen LogP contribution >= 0.6 is 0 Å². The highest BCUT2D eigenvalue weighted by atomic mass is 16.5. The number of carbonyl (C=O) groups is 2. The van der Waals surface area contributed by atoms with E-state index in [0.717, 1.165) is 0 Å². The maximum Gasteiger partial charge on any atom is 0.279 e. The zero-order valence-electron chi connectivity index (χ0n) is 18.3. The molecular formula is C24H24N4O5. The van der Waals surface area contributed by atoms with Gasteiger partial charge >= 0.3 is 0 Å². The first-order valence-corrected chi connectivity index (χ1v) is 11.0. The number of amides is 2. The lowest BCUT2D eigenvalue weighted by molar-refractivity contribution is -0.142. The predicted molar refractivity (Wildman–Crippen MR) is 122 cm³/mol.